The summed E-state index contributed by atoms with van der Waals surface area (Å²) < 4.78 is 11.0. The van der Waals surface area contributed by atoms with Gasteiger partial charge in [0.1, 0.15) is 11.2 Å². The average molecular weight is 486 g/mol. The Morgan fingerprint density at radius 3 is 1.59 bits per heavy atom. The first-order valence-corrected chi connectivity index (χ1v) is 12.3. The van der Waals surface area contributed by atoms with Crippen molar-refractivity contribution in [1.82, 2.24) is 20.0 Å². The molecule has 0 aliphatic carbocycles. The fourth-order valence-electron chi connectivity index (χ4n) is 3.83. The van der Waals surface area contributed by atoms with Gasteiger partial charge >= 0.3 is 11.9 Å². The molecule has 0 saturated carbocycles. The molecule has 10 nitrogen and oxygen atoms in total. The zero-order valence-electron chi connectivity index (χ0n) is 22.3. The van der Waals surface area contributed by atoms with Crippen LogP contribution in [0.1, 0.15) is 54.9 Å². The number of rotatable bonds is 9. The van der Waals surface area contributed by atoms with Crippen molar-refractivity contribution in [3.63, 3.8) is 0 Å². The van der Waals surface area contributed by atoms with Crippen molar-refractivity contribution in [3.05, 3.63) is 0 Å². The zero-order chi connectivity index (χ0) is 25.9. The molecule has 1 fully saturated rings. The topological polar surface area (TPSA) is 117 Å². The second kappa shape index (κ2) is 14.0. The predicted octanol–water partition coefficient (Wildman–Crippen LogP) is 0.443. The molecule has 0 aromatic heterocycles. The summed E-state index contributed by atoms with van der Waals surface area (Å²) >= 11 is 0. The maximum absolute atomic E-state index is 12.8. The molecular weight excluding hydrogens is 438 g/mol. The van der Waals surface area contributed by atoms with Crippen molar-refractivity contribution >= 4 is 17.8 Å². The SMILES string of the molecule is CCNC(=O)C(CCN)N1CCN(CC(=O)OC(C)(C)C)CCN(CC(=O)OC(C)(C)C)CC1. The number of amides is 1. The maximum Gasteiger partial charge on any atom is 0.320 e. The number of carbonyl (C=O) groups is 3. The highest BCUT2D eigenvalue weighted by molar-refractivity contribution is 5.81. The van der Waals surface area contributed by atoms with Gasteiger partial charge in [0.05, 0.1) is 19.1 Å². The van der Waals surface area contributed by atoms with Crippen molar-refractivity contribution in [1.29, 1.82) is 0 Å². The highest BCUT2D eigenvalue weighted by atomic mass is 16.6. The Labute approximate surface area is 205 Å². The molecule has 1 atom stereocenters. The van der Waals surface area contributed by atoms with Crippen LogP contribution in [0.25, 0.3) is 0 Å². The molecule has 0 spiro atoms. The fraction of sp³-hybridized carbons (Fsp3) is 0.875. The number of carbonyl (C=O) groups excluding carboxylic acids is 3. The van der Waals surface area contributed by atoms with E-state index in [2.05, 4.69) is 10.2 Å². The smallest absolute Gasteiger partial charge is 0.320 e. The van der Waals surface area contributed by atoms with Gasteiger partial charge in [-0.15, -0.1) is 0 Å². The van der Waals surface area contributed by atoms with Gasteiger partial charge in [-0.2, -0.15) is 0 Å². The summed E-state index contributed by atoms with van der Waals surface area (Å²) in [5, 5.41) is 2.91. The molecule has 1 aliphatic rings. The first-order valence-electron chi connectivity index (χ1n) is 12.3. The van der Waals surface area contributed by atoms with Gasteiger partial charge in [0, 0.05) is 45.8 Å². The van der Waals surface area contributed by atoms with Crippen LogP contribution in [0.3, 0.4) is 0 Å². The van der Waals surface area contributed by atoms with Crippen LogP contribution in [0.4, 0.5) is 0 Å². The third-order valence-corrected chi connectivity index (χ3v) is 5.22. The van der Waals surface area contributed by atoms with E-state index in [0.29, 0.717) is 58.8 Å². The lowest BCUT2D eigenvalue weighted by Crippen LogP contribution is -2.51. The highest BCUT2D eigenvalue weighted by Crippen LogP contribution is 2.12. The minimum Gasteiger partial charge on any atom is -0.459 e. The Bertz CT molecular complexity index is 617. The van der Waals surface area contributed by atoms with E-state index in [0.717, 1.165) is 0 Å². The lowest BCUT2D eigenvalue weighted by Gasteiger charge is -2.32. The van der Waals surface area contributed by atoms with E-state index in [-0.39, 0.29) is 37.0 Å². The van der Waals surface area contributed by atoms with Gasteiger partial charge in [-0.05, 0) is 61.4 Å². The lowest BCUT2D eigenvalue weighted by atomic mass is 10.1. The number of likely N-dealkylation sites (N-methyl/N-ethyl adjacent to an activating group) is 1. The average Bonchev–Trinajstić information content (AvgIpc) is 2.75. The Balaban J connectivity index is 3.02. The molecule has 0 aromatic rings. The number of hydrogen-bond donors (Lipinski definition) is 2. The second-order valence-corrected chi connectivity index (χ2v) is 10.7. The summed E-state index contributed by atoms with van der Waals surface area (Å²) in [5.74, 6) is -0.636. The third kappa shape index (κ3) is 12.6. The van der Waals surface area contributed by atoms with Gasteiger partial charge in [0.15, 0.2) is 0 Å². The van der Waals surface area contributed by atoms with Crippen molar-refractivity contribution in [3.8, 4) is 0 Å². The van der Waals surface area contributed by atoms with E-state index in [1.165, 1.54) is 0 Å². The minimum atomic E-state index is -0.560. The molecule has 0 bridgehead atoms. The Morgan fingerprint density at radius 1 is 0.824 bits per heavy atom. The van der Waals surface area contributed by atoms with Gasteiger partial charge in [-0.25, -0.2) is 0 Å². The van der Waals surface area contributed by atoms with E-state index in [1.807, 2.05) is 58.3 Å². The van der Waals surface area contributed by atoms with Gasteiger partial charge in [0.25, 0.3) is 0 Å². The van der Waals surface area contributed by atoms with Crippen LogP contribution in [0, 0.1) is 0 Å². The van der Waals surface area contributed by atoms with Crippen molar-refractivity contribution in [2.75, 3.05) is 65.4 Å². The van der Waals surface area contributed by atoms with Crippen LogP contribution in [0.15, 0.2) is 0 Å². The van der Waals surface area contributed by atoms with Crippen LogP contribution in [0.5, 0.6) is 0 Å². The number of esters is 2. The van der Waals surface area contributed by atoms with E-state index in [9.17, 15) is 14.4 Å². The Hall–Kier alpha value is -1.75. The molecule has 198 valence electrons. The molecular formula is C24H47N5O5. The Morgan fingerprint density at radius 2 is 1.24 bits per heavy atom. The summed E-state index contributed by atoms with van der Waals surface area (Å²) in [6.45, 7) is 17.8. The normalized spacial score (nSPS) is 18.4. The first-order chi connectivity index (χ1) is 15.7. The lowest BCUT2D eigenvalue weighted by molar-refractivity contribution is -0.158. The van der Waals surface area contributed by atoms with Gasteiger partial charge in [-0.3, -0.25) is 29.1 Å². The Kier molecular flexibility index (Phi) is 12.4. The van der Waals surface area contributed by atoms with Crippen LogP contribution >= 0.6 is 0 Å². The van der Waals surface area contributed by atoms with Crippen LogP contribution in [-0.4, -0.2) is 115 Å². The number of nitrogens with two attached hydrogens (primary N) is 1. The van der Waals surface area contributed by atoms with E-state index in [1.54, 1.807) is 0 Å². The van der Waals surface area contributed by atoms with Crippen LogP contribution in [-0.2, 0) is 23.9 Å². The molecule has 1 amide bonds. The first kappa shape index (κ1) is 30.3. The quantitative estimate of drug-likeness (QED) is 0.449. The zero-order valence-corrected chi connectivity index (χ0v) is 22.3. The van der Waals surface area contributed by atoms with Gasteiger partial charge in [0.2, 0.25) is 5.91 Å². The standard InChI is InChI=1S/C24H47N5O5/c1-8-26-22(32)19(9-10-25)29-15-13-27(17-20(30)33-23(2,3)4)11-12-28(14-16-29)18-21(31)34-24(5,6)7/h19H,8-18,25H2,1-7H3,(H,26,32). The molecule has 1 aliphatic heterocycles. The molecule has 0 radical (unpaired) electrons. The molecule has 34 heavy (non-hydrogen) atoms. The summed E-state index contributed by atoms with van der Waals surface area (Å²) in [7, 11) is 0. The largest absolute Gasteiger partial charge is 0.459 e. The summed E-state index contributed by atoms with van der Waals surface area (Å²) in [6.07, 6.45) is 0.532. The molecule has 3 N–H and O–H groups in total. The molecule has 1 rings (SSSR count). The number of ether oxygens (including phenoxy) is 2. The monoisotopic (exact) mass is 485 g/mol. The van der Waals surface area contributed by atoms with E-state index >= 15 is 0 Å². The van der Waals surface area contributed by atoms with E-state index < -0.39 is 11.2 Å². The third-order valence-electron chi connectivity index (χ3n) is 5.22. The van der Waals surface area contributed by atoms with Crippen LogP contribution < -0.4 is 11.1 Å². The van der Waals surface area contributed by atoms with Gasteiger partial charge in [-0.1, -0.05) is 0 Å². The highest BCUT2D eigenvalue weighted by Gasteiger charge is 2.29. The molecule has 10 heteroatoms. The fourth-order valence-corrected chi connectivity index (χ4v) is 3.83. The number of nitrogens with one attached hydrogen (secondary N) is 1. The van der Waals surface area contributed by atoms with Crippen molar-refractivity contribution < 1.29 is 23.9 Å². The summed E-state index contributed by atoms with van der Waals surface area (Å²) in [4.78, 5) is 43.9. The number of hydrogen-bond acceptors (Lipinski definition) is 9. The van der Waals surface area contributed by atoms with E-state index in [4.69, 9.17) is 15.2 Å². The van der Waals surface area contributed by atoms with Crippen molar-refractivity contribution in [2.24, 2.45) is 5.73 Å². The molecule has 1 saturated heterocycles. The number of nitrogens with zero attached hydrogens (tertiary/aromatic N) is 3. The summed E-state index contributed by atoms with van der Waals surface area (Å²) in [5.41, 5.74) is 4.71. The maximum atomic E-state index is 12.8. The predicted molar refractivity (Wildman–Crippen MR) is 132 cm³/mol. The summed E-state index contributed by atoms with van der Waals surface area (Å²) in [6, 6.07) is -0.366. The van der Waals surface area contributed by atoms with Gasteiger partial charge < -0.3 is 20.5 Å². The second-order valence-electron chi connectivity index (χ2n) is 10.7. The molecule has 0 aromatic carbocycles. The van der Waals surface area contributed by atoms with Crippen molar-refractivity contribution in [2.45, 2.75) is 72.1 Å². The minimum absolute atomic E-state index is 0.0513. The molecule has 1 unspecified atom stereocenters. The molecule has 1 heterocycles. The van der Waals surface area contributed by atoms with Crippen LogP contribution in [0.2, 0.25) is 0 Å².